The van der Waals surface area contributed by atoms with Gasteiger partial charge in [0.2, 0.25) is 0 Å². The van der Waals surface area contributed by atoms with Crippen LogP contribution in [0.5, 0.6) is 0 Å². The molecule has 0 radical (unpaired) electrons. The van der Waals surface area contributed by atoms with Crippen LogP contribution in [0.25, 0.3) is 10.9 Å². The van der Waals surface area contributed by atoms with Crippen LogP contribution in [-0.2, 0) is 13.6 Å². The van der Waals surface area contributed by atoms with E-state index >= 15 is 0 Å². The fraction of sp³-hybridized carbons (Fsp3) is 0.333. The first-order valence-corrected chi connectivity index (χ1v) is 10.3. The van der Waals surface area contributed by atoms with Gasteiger partial charge < -0.3 is 15.2 Å². The summed E-state index contributed by atoms with van der Waals surface area (Å²) >= 11 is 5.36. The van der Waals surface area contributed by atoms with Crippen molar-refractivity contribution in [1.82, 2.24) is 24.8 Å². The second-order valence-electron chi connectivity index (χ2n) is 7.54. The van der Waals surface area contributed by atoms with Gasteiger partial charge in [0.05, 0.1) is 17.4 Å². The Bertz CT molecular complexity index is 1260. The van der Waals surface area contributed by atoms with Crippen LogP contribution in [0.4, 0.5) is 10.1 Å². The Morgan fingerprint density at radius 1 is 1.26 bits per heavy atom. The number of aromatic amines is 1. The molecular formula is C21H23FN6O2S. The molecule has 1 aromatic carbocycles. The number of pyridine rings is 1. The third kappa shape index (κ3) is 4.21. The molecule has 3 heterocycles. The molecule has 0 atom stereocenters. The summed E-state index contributed by atoms with van der Waals surface area (Å²) in [5.41, 5.74) is 2.06. The Hall–Kier alpha value is -3.11. The lowest BCUT2D eigenvalue weighted by molar-refractivity contribution is 0.0953. The molecule has 1 fully saturated rings. The highest BCUT2D eigenvalue weighted by atomic mass is 32.1. The number of hydrogen-bond acceptors (Lipinski definition) is 6. The van der Waals surface area contributed by atoms with Crippen molar-refractivity contribution in [2.75, 3.05) is 38.1 Å². The van der Waals surface area contributed by atoms with Gasteiger partial charge in [-0.2, -0.15) is 0 Å². The molecule has 1 saturated heterocycles. The minimum absolute atomic E-state index is 0.199. The molecular weight excluding hydrogens is 419 g/mol. The van der Waals surface area contributed by atoms with Crippen LogP contribution < -0.4 is 15.9 Å². The Labute approximate surface area is 183 Å². The zero-order valence-electron chi connectivity index (χ0n) is 17.3. The van der Waals surface area contributed by atoms with Gasteiger partial charge in [-0.1, -0.05) is 18.3 Å². The van der Waals surface area contributed by atoms with Crippen molar-refractivity contribution in [1.29, 1.82) is 0 Å². The first kappa shape index (κ1) is 21.1. The topological polar surface area (TPSA) is 86.3 Å². The van der Waals surface area contributed by atoms with E-state index in [1.54, 1.807) is 7.05 Å². The summed E-state index contributed by atoms with van der Waals surface area (Å²) in [5, 5.41) is 3.23. The molecule has 1 aliphatic heterocycles. The highest BCUT2D eigenvalue weighted by molar-refractivity contribution is 7.71. The van der Waals surface area contributed by atoms with Crippen LogP contribution in [0.1, 0.15) is 16.1 Å². The number of benzene rings is 1. The SMILES string of the molecule is CNC(=O)c1ncc(N2CCN(Cc3ccc4c(=S)n(C)c(=O)[nH]c4c3)CC2)cc1F. The molecule has 1 amide bonds. The number of amides is 1. The van der Waals surface area contributed by atoms with Crippen LogP contribution in [0.3, 0.4) is 0 Å². The van der Waals surface area contributed by atoms with Crippen molar-refractivity contribution in [3.63, 3.8) is 0 Å². The maximum absolute atomic E-state index is 14.2. The summed E-state index contributed by atoms with van der Waals surface area (Å²) in [6.07, 6.45) is 1.54. The Morgan fingerprint density at radius 3 is 2.68 bits per heavy atom. The molecule has 3 aromatic rings. The Morgan fingerprint density at radius 2 is 2.00 bits per heavy atom. The average molecular weight is 443 g/mol. The minimum atomic E-state index is -0.626. The molecule has 0 unspecified atom stereocenters. The number of halogens is 1. The molecule has 0 bridgehead atoms. The maximum Gasteiger partial charge on any atom is 0.326 e. The van der Waals surface area contributed by atoms with Gasteiger partial charge in [0, 0.05) is 58.3 Å². The van der Waals surface area contributed by atoms with Gasteiger partial charge in [-0.15, -0.1) is 0 Å². The largest absolute Gasteiger partial charge is 0.368 e. The van der Waals surface area contributed by atoms with E-state index in [4.69, 9.17) is 12.2 Å². The first-order chi connectivity index (χ1) is 14.9. The molecule has 2 N–H and O–H groups in total. The van der Waals surface area contributed by atoms with Crippen molar-refractivity contribution >= 4 is 34.7 Å². The maximum atomic E-state index is 14.2. The van der Waals surface area contributed by atoms with E-state index in [0.717, 1.165) is 49.2 Å². The average Bonchev–Trinajstić information content (AvgIpc) is 2.77. The van der Waals surface area contributed by atoms with Gasteiger partial charge in [-0.25, -0.2) is 14.2 Å². The van der Waals surface area contributed by atoms with Crippen molar-refractivity contribution in [3.8, 4) is 0 Å². The zero-order chi connectivity index (χ0) is 22.1. The molecule has 8 nitrogen and oxygen atoms in total. The zero-order valence-corrected chi connectivity index (χ0v) is 18.1. The van der Waals surface area contributed by atoms with Crippen molar-refractivity contribution in [3.05, 3.63) is 62.7 Å². The summed E-state index contributed by atoms with van der Waals surface area (Å²) in [6, 6.07) is 7.30. The lowest BCUT2D eigenvalue weighted by atomic mass is 10.1. The minimum Gasteiger partial charge on any atom is -0.368 e. The lowest BCUT2D eigenvalue weighted by Crippen LogP contribution is -2.46. The van der Waals surface area contributed by atoms with E-state index in [-0.39, 0.29) is 11.4 Å². The van der Waals surface area contributed by atoms with Gasteiger partial charge in [-0.05, 0) is 17.7 Å². The molecule has 2 aromatic heterocycles. The summed E-state index contributed by atoms with van der Waals surface area (Å²) < 4.78 is 16.2. The van der Waals surface area contributed by atoms with Gasteiger partial charge >= 0.3 is 5.69 Å². The summed E-state index contributed by atoms with van der Waals surface area (Å²) in [4.78, 5) is 34.8. The van der Waals surface area contributed by atoms with E-state index in [9.17, 15) is 14.0 Å². The molecule has 10 heteroatoms. The van der Waals surface area contributed by atoms with Gasteiger partial charge in [-0.3, -0.25) is 14.3 Å². The van der Waals surface area contributed by atoms with E-state index < -0.39 is 11.7 Å². The van der Waals surface area contributed by atoms with E-state index in [1.165, 1.54) is 23.9 Å². The van der Waals surface area contributed by atoms with Gasteiger partial charge in [0.25, 0.3) is 5.91 Å². The number of rotatable bonds is 4. The van der Waals surface area contributed by atoms with E-state index in [0.29, 0.717) is 10.3 Å². The predicted molar refractivity (Wildman–Crippen MR) is 119 cm³/mol. The Kier molecular flexibility index (Phi) is 5.84. The van der Waals surface area contributed by atoms with Crippen LogP contribution in [0.15, 0.2) is 35.3 Å². The monoisotopic (exact) mass is 442 g/mol. The number of carbonyl (C=O) groups is 1. The normalized spacial score (nSPS) is 14.7. The smallest absolute Gasteiger partial charge is 0.326 e. The number of anilines is 1. The fourth-order valence-corrected chi connectivity index (χ4v) is 4.02. The predicted octanol–water partition coefficient (Wildman–Crippen LogP) is 1.81. The lowest BCUT2D eigenvalue weighted by Gasteiger charge is -2.36. The molecule has 4 rings (SSSR count). The van der Waals surface area contributed by atoms with Crippen molar-refractivity contribution in [2.24, 2.45) is 7.05 Å². The number of aromatic nitrogens is 3. The molecule has 0 saturated carbocycles. The van der Waals surface area contributed by atoms with Gasteiger partial charge in [0.1, 0.15) is 4.64 Å². The highest BCUT2D eigenvalue weighted by Gasteiger charge is 2.20. The van der Waals surface area contributed by atoms with Crippen LogP contribution in [0.2, 0.25) is 0 Å². The van der Waals surface area contributed by atoms with Gasteiger partial charge in [0.15, 0.2) is 11.5 Å². The third-order valence-corrected chi connectivity index (χ3v) is 6.07. The van der Waals surface area contributed by atoms with E-state index in [1.807, 2.05) is 18.2 Å². The number of nitrogens with one attached hydrogen (secondary N) is 2. The standard InChI is InChI=1S/C21H23FN6O2S/c1-23-19(29)18-16(22)10-14(11-24-18)28-7-5-27(6-8-28)12-13-3-4-15-17(9-13)25-21(30)26(2)20(15)31/h3-4,9-11H,5-8,12H2,1-2H3,(H,23,29)(H,25,30). The van der Waals surface area contributed by atoms with Crippen LogP contribution in [0, 0.1) is 10.5 Å². The molecule has 0 aliphatic carbocycles. The van der Waals surface area contributed by atoms with Crippen LogP contribution in [-0.4, -0.2) is 58.6 Å². The molecule has 0 spiro atoms. The number of piperazine rings is 1. The molecule has 31 heavy (non-hydrogen) atoms. The second-order valence-corrected chi connectivity index (χ2v) is 7.93. The quantitative estimate of drug-likeness (QED) is 0.600. The summed E-state index contributed by atoms with van der Waals surface area (Å²) in [5.74, 6) is -1.17. The van der Waals surface area contributed by atoms with Crippen molar-refractivity contribution < 1.29 is 9.18 Å². The van der Waals surface area contributed by atoms with E-state index in [2.05, 4.69) is 25.1 Å². The summed E-state index contributed by atoms with van der Waals surface area (Å²) in [6.45, 7) is 3.77. The molecule has 1 aliphatic rings. The first-order valence-electron chi connectivity index (χ1n) is 9.94. The third-order valence-electron chi connectivity index (χ3n) is 5.58. The number of H-pyrrole nitrogens is 1. The van der Waals surface area contributed by atoms with Crippen LogP contribution >= 0.6 is 12.2 Å². The highest BCUT2D eigenvalue weighted by Crippen LogP contribution is 2.20. The number of nitrogens with zero attached hydrogens (tertiary/aromatic N) is 4. The number of carbonyl (C=O) groups excluding carboxylic acids is 1. The Balaban J connectivity index is 1.43. The summed E-state index contributed by atoms with van der Waals surface area (Å²) in [7, 11) is 3.10. The fourth-order valence-electron chi connectivity index (χ4n) is 3.76. The number of fused-ring (bicyclic) bond motifs is 1. The molecule has 162 valence electrons. The second kappa shape index (κ2) is 8.56. The van der Waals surface area contributed by atoms with Crippen molar-refractivity contribution in [2.45, 2.75) is 6.54 Å². The number of hydrogen-bond donors (Lipinski definition) is 2.